The van der Waals surface area contributed by atoms with Gasteiger partial charge in [-0.25, -0.2) is 14.2 Å². The van der Waals surface area contributed by atoms with E-state index in [1.165, 1.54) is 19.3 Å². The van der Waals surface area contributed by atoms with E-state index in [1.54, 1.807) is 18.2 Å². The Labute approximate surface area is 204 Å². The highest BCUT2D eigenvalue weighted by molar-refractivity contribution is 5.93. The van der Waals surface area contributed by atoms with E-state index in [4.69, 9.17) is 14.5 Å². The summed E-state index contributed by atoms with van der Waals surface area (Å²) >= 11 is 0. The van der Waals surface area contributed by atoms with Crippen molar-refractivity contribution in [3.05, 3.63) is 82.6 Å². The average molecular weight is 479 g/mol. The SMILES string of the molecule is C=C(O)/C=C(\C)c1cc(F)c(Cc2nc3ccc(C(=O)OC)cc3n2C2COCC2(C)C)cc1C. The van der Waals surface area contributed by atoms with E-state index < -0.39 is 5.97 Å². The van der Waals surface area contributed by atoms with Crippen LogP contribution in [0.15, 0.2) is 48.7 Å². The van der Waals surface area contributed by atoms with Crippen molar-refractivity contribution in [2.24, 2.45) is 5.41 Å². The monoisotopic (exact) mass is 478 g/mol. The number of imidazole rings is 1. The summed E-state index contributed by atoms with van der Waals surface area (Å²) in [6.45, 7) is 12.6. The topological polar surface area (TPSA) is 73.6 Å². The summed E-state index contributed by atoms with van der Waals surface area (Å²) in [7, 11) is 1.35. The zero-order chi connectivity index (χ0) is 25.5. The van der Waals surface area contributed by atoms with Crippen LogP contribution in [-0.4, -0.2) is 41.0 Å². The lowest BCUT2D eigenvalue weighted by atomic mass is 9.87. The van der Waals surface area contributed by atoms with E-state index in [1.807, 2.05) is 19.9 Å². The van der Waals surface area contributed by atoms with Gasteiger partial charge in [-0.2, -0.15) is 0 Å². The minimum Gasteiger partial charge on any atom is -0.509 e. The molecule has 6 nitrogen and oxygen atoms in total. The number of hydrogen-bond donors (Lipinski definition) is 1. The third-order valence-electron chi connectivity index (χ3n) is 6.70. The molecule has 0 amide bonds. The smallest absolute Gasteiger partial charge is 0.337 e. The lowest BCUT2D eigenvalue weighted by Gasteiger charge is -2.28. The minimum absolute atomic E-state index is 0.0282. The van der Waals surface area contributed by atoms with Crippen LogP contribution in [0.25, 0.3) is 16.6 Å². The molecule has 0 spiro atoms. The molecular weight excluding hydrogens is 447 g/mol. The lowest BCUT2D eigenvalue weighted by molar-refractivity contribution is 0.0601. The van der Waals surface area contributed by atoms with Gasteiger partial charge in [0.25, 0.3) is 0 Å². The van der Waals surface area contributed by atoms with E-state index in [0.717, 1.165) is 22.2 Å². The van der Waals surface area contributed by atoms with Crippen molar-refractivity contribution in [2.45, 2.75) is 40.2 Å². The van der Waals surface area contributed by atoms with Crippen molar-refractivity contribution in [2.75, 3.05) is 20.3 Å². The van der Waals surface area contributed by atoms with E-state index in [0.29, 0.717) is 35.7 Å². The molecular formula is C28H31FN2O4. The number of aliphatic hydroxyl groups is 1. The second-order valence-corrected chi connectivity index (χ2v) is 9.87. The number of halogens is 1. The van der Waals surface area contributed by atoms with Crippen molar-refractivity contribution < 1.29 is 23.8 Å². The summed E-state index contributed by atoms with van der Waals surface area (Å²) in [5.74, 6) is -0.146. The van der Waals surface area contributed by atoms with Gasteiger partial charge in [0, 0.05) is 11.8 Å². The summed E-state index contributed by atoms with van der Waals surface area (Å²) < 4.78 is 28.1. The van der Waals surface area contributed by atoms with Gasteiger partial charge in [-0.3, -0.25) is 0 Å². The van der Waals surface area contributed by atoms with Crippen LogP contribution in [0.4, 0.5) is 4.39 Å². The van der Waals surface area contributed by atoms with Crippen molar-refractivity contribution in [3.8, 4) is 0 Å². The maximum absolute atomic E-state index is 15.3. The van der Waals surface area contributed by atoms with Crippen LogP contribution in [0.1, 0.15) is 59.7 Å². The molecule has 1 saturated heterocycles. The number of esters is 1. The van der Waals surface area contributed by atoms with Crippen LogP contribution in [0.2, 0.25) is 0 Å². The molecule has 7 heteroatoms. The molecule has 3 aromatic rings. The first-order valence-corrected chi connectivity index (χ1v) is 11.5. The Bertz CT molecular complexity index is 1350. The number of rotatable bonds is 6. The average Bonchev–Trinajstić information content (AvgIpc) is 3.32. The normalized spacial score (nSPS) is 17.7. The van der Waals surface area contributed by atoms with Gasteiger partial charge in [0.2, 0.25) is 0 Å². The molecule has 4 rings (SSSR count). The Morgan fingerprint density at radius 3 is 2.74 bits per heavy atom. The molecule has 0 bridgehead atoms. The van der Waals surface area contributed by atoms with Crippen molar-refractivity contribution in [1.82, 2.24) is 9.55 Å². The number of aromatic nitrogens is 2. The number of benzene rings is 2. The molecule has 35 heavy (non-hydrogen) atoms. The molecule has 1 aromatic heterocycles. The Morgan fingerprint density at radius 2 is 2.11 bits per heavy atom. The standard InChI is InChI=1S/C28H31FN2O4/c1-16(9-18(3)32)21-13-22(29)20(10-17(21)2)12-26-30-23-8-7-19(27(33)34-6)11-24(23)31(26)25-14-35-15-28(25,4)5/h7-11,13,25,32H,3,12,14-15H2,1-2,4-6H3/b16-9+. The second-order valence-electron chi connectivity index (χ2n) is 9.87. The van der Waals surface area contributed by atoms with Crippen LogP contribution in [0, 0.1) is 18.2 Å². The Hall–Kier alpha value is -3.45. The number of carbonyl (C=O) groups excluding carboxylic acids is 1. The highest BCUT2D eigenvalue weighted by atomic mass is 19.1. The predicted molar refractivity (Wildman–Crippen MR) is 134 cm³/mol. The van der Waals surface area contributed by atoms with Crippen molar-refractivity contribution in [1.29, 1.82) is 0 Å². The van der Waals surface area contributed by atoms with Crippen LogP contribution in [-0.2, 0) is 15.9 Å². The number of carbonyl (C=O) groups is 1. The molecule has 2 heterocycles. The van der Waals surface area contributed by atoms with Gasteiger partial charge in [-0.15, -0.1) is 0 Å². The molecule has 0 aliphatic carbocycles. The fourth-order valence-electron chi connectivity index (χ4n) is 4.84. The number of allylic oxidation sites excluding steroid dienone is 2. The quantitative estimate of drug-likeness (QED) is 0.270. The molecule has 0 radical (unpaired) electrons. The Kier molecular flexibility index (Phi) is 6.56. The van der Waals surface area contributed by atoms with E-state index in [-0.39, 0.29) is 29.5 Å². The zero-order valence-corrected chi connectivity index (χ0v) is 20.8. The number of aryl methyl sites for hydroxylation is 1. The van der Waals surface area contributed by atoms with Gasteiger partial charge >= 0.3 is 5.97 Å². The molecule has 1 unspecified atom stereocenters. The zero-order valence-electron chi connectivity index (χ0n) is 20.8. The number of hydrogen-bond acceptors (Lipinski definition) is 5. The van der Waals surface area contributed by atoms with E-state index in [9.17, 15) is 9.90 Å². The van der Waals surface area contributed by atoms with E-state index >= 15 is 4.39 Å². The summed E-state index contributed by atoms with van der Waals surface area (Å²) in [4.78, 5) is 17.0. The summed E-state index contributed by atoms with van der Waals surface area (Å²) in [6.07, 6.45) is 1.79. The maximum Gasteiger partial charge on any atom is 0.337 e. The minimum atomic E-state index is -0.422. The van der Waals surface area contributed by atoms with Crippen LogP contribution in [0.3, 0.4) is 0 Å². The van der Waals surface area contributed by atoms with Crippen molar-refractivity contribution in [3.63, 3.8) is 0 Å². The van der Waals surface area contributed by atoms with Gasteiger partial charge < -0.3 is 19.1 Å². The van der Waals surface area contributed by atoms with Gasteiger partial charge in [0.15, 0.2) is 0 Å². The first-order chi connectivity index (χ1) is 16.5. The summed E-state index contributed by atoms with van der Waals surface area (Å²) in [5.41, 5.74) is 4.63. The Balaban J connectivity index is 1.84. The highest BCUT2D eigenvalue weighted by Crippen LogP contribution is 2.40. The van der Waals surface area contributed by atoms with Gasteiger partial charge in [0.1, 0.15) is 17.4 Å². The first kappa shape index (κ1) is 24.7. The van der Waals surface area contributed by atoms with Gasteiger partial charge in [0.05, 0.1) is 43.0 Å². The molecule has 1 N–H and O–H groups in total. The number of aliphatic hydroxyl groups excluding tert-OH is 1. The second kappa shape index (κ2) is 9.30. The fourth-order valence-corrected chi connectivity index (χ4v) is 4.84. The lowest BCUT2D eigenvalue weighted by Crippen LogP contribution is -2.27. The van der Waals surface area contributed by atoms with Gasteiger partial charge in [-0.1, -0.05) is 26.5 Å². The largest absolute Gasteiger partial charge is 0.509 e. The number of ether oxygens (including phenoxy) is 2. The molecule has 1 aliphatic rings. The molecule has 1 fully saturated rings. The van der Waals surface area contributed by atoms with Crippen LogP contribution in [0.5, 0.6) is 0 Å². The number of nitrogens with zero attached hydrogens (tertiary/aromatic N) is 2. The van der Waals surface area contributed by atoms with Crippen LogP contribution < -0.4 is 0 Å². The van der Waals surface area contributed by atoms with Gasteiger partial charge in [-0.05, 0) is 66.5 Å². The predicted octanol–water partition coefficient (Wildman–Crippen LogP) is 5.93. The molecule has 0 saturated carbocycles. The molecule has 184 valence electrons. The van der Waals surface area contributed by atoms with Crippen molar-refractivity contribution >= 4 is 22.6 Å². The third kappa shape index (κ3) is 4.73. The molecule has 1 aliphatic heterocycles. The highest BCUT2D eigenvalue weighted by Gasteiger charge is 2.39. The maximum atomic E-state index is 15.3. The summed E-state index contributed by atoms with van der Waals surface area (Å²) in [5, 5.41) is 9.49. The fraction of sp³-hybridized carbons (Fsp3) is 0.357. The number of methoxy groups -OCH3 is 1. The number of fused-ring (bicyclic) bond motifs is 1. The molecule has 2 aromatic carbocycles. The van der Waals surface area contributed by atoms with Crippen LogP contribution >= 0.6 is 0 Å². The summed E-state index contributed by atoms with van der Waals surface area (Å²) in [6, 6.07) is 8.55. The first-order valence-electron chi connectivity index (χ1n) is 11.5. The van der Waals surface area contributed by atoms with E-state index in [2.05, 4.69) is 25.0 Å². The molecule has 1 atom stereocenters. The third-order valence-corrected chi connectivity index (χ3v) is 6.70. The Morgan fingerprint density at radius 1 is 1.37 bits per heavy atom.